The van der Waals surface area contributed by atoms with Crippen LogP contribution in [-0.2, 0) is 16.1 Å². The van der Waals surface area contributed by atoms with Crippen LogP contribution in [0.5, 0.6) is 0 Å². The maximum atomic E-state index is 13.3. The zero-order valence-electron chi connectivity index (χ0n) is 14.7. The quantitative estimate of drug-likeness (QED) is 0.847. The highest BCUT2D eigenvalue weighted by Gasteiger charge is 2.30. The average molecular weight is 391 g/mol. The molecule has 27 heavy (non-hydrogen) atoms. The Morgan fingerprint density at radius 1 is 1.22 bits per heavy atom. The SMILES string of the molecule is O=C(NCc1cc(F)cc(Cl)c1)OC1CCCCN(c2ccccc2)C1=O. The fraction of sp³-hybridized carbons (Fsp3) is 0.300. The van der Waals surface area contributed by atoms with Crippen molar-refractivity contribution in [1.29, 1.82) is 0 Å². The van der Waals surface area contributed by atoms with Gasteiger partial charge in [0.2, 0.25) is 0 Å². The minimum Gasteiger partial charge on any atom is -0.436 e. The van der Waals surface area contributed by atoms with E-state index in [0.717, 1.165) is 18.5 Å². The molecule has 0 saturated carbocycles. The lowest BCUT2D eigenvalue weighted by molar-refractivity contribution is -0.126. The van der Waals surface area contributed by atoms with Gasteiger partial charge in [-0.2, -0.15) is 0 Å². The van der Waals surface area contributed by atoms with Crippen molar-refractivity contribution in [3.63, 3.8) is 0 Å². The molecule has 1 N–H and O–H groups in total. The van der Waals surface area contributed by atoms with Crippen molar-refractivity contribution in [2.45, 2.75) is 31.9 Å². The number of benzene rings is 2. The van der Waals surface area contributed by atoms with Gasteiger partial charge in [0.1, 0.15) is 5.82 Å². The van der Waals surface area contributed by atoms with E-state index in [1.807, 2.05) is 30.3 Å². The molecule has 5 nitrogen and oxygen atoms in total. The molecule has 2 aromatic carbocycles. The number of ether oxygens (including phenoxy) is 1. The van der Waals surface area contributed by atoms with Crippen LogP contribution in [0.3, 0.4) is 0 Å². The number of para-hydroxylation sites is 1. The maximum Gasteiger partial charge on any atom is 0.408 e. The summed E-state index contributed by atoms with van der Waals surface area (Å²) in [6.45, 7) is 0.645. The van der Waals surface area contributed by atoms with Crippen molar-refractivity contribution in [2.24, 2.45) is 0 Å². The number of hydrogen-bond donors (Lipinski definition) is 1. The molecule has 1 aliphatic heterocycles. The largest absolute Gasteiger partial charge is 0.436 e. The summed E-state index contributed by atoms with van der Waals surface area (Å²) in [5, 5.41) is 2.79. The highest BCUT2D eigenvalue weighted by molar-refractivity contribution is 6.30. The van der Waals surface area contributed by atoms with E-state index in [0.29, 0.717) is 18.5 Å². The third-order valence-electron chi connectivity index (χ3n) is 4.32. The minimum atomic E-state index is -0.844. The number of nitrogens with zero attached hydrogens (tertiary/aromatic N) is 1. The van der Waals surface area contributed by atoms with E-state index in [2.05, 4.69) is 5.32 Å². The van der Waals surface area contributed by atoms with Gasteiger partial charge in [0.05, 0.1) is 0 Å². The second kappa shape index (κ2) is 8.86. The summed E-state index contributed by atoms with van der Waals surface area (Å²) < 4.78 is 18.7. The third-order valence-corrected chi connectivity index (χ3v) is 4.53. The van der Waals surface area contributed by atoms with Crippen LogP contribution in [0.4, 0.5) is 14.9 Å². The van der Waals surface area contributed by atoms with Crippen LogP contribution in [0.2, 0.25) is 5.02 Å². The normalized spacial score (nSPS) is 17.3. The number of alkyl carbamates (subject to hydrolysis) is 1. The van der Waals surface area contributed by atoms with Crippen LogP contribution in [0.25, 0.3) is 0 Å². The summed E-state index contributed by atoms with van der Waals surface area (Å²) in [6.07, 6.45) is 0.533. The first kappa shape index (κ1) is 19.2. The number of rotatable bonds is 4. The fourth-order valence-corrected chi connectivity index (χ4v) is 3.28. The summed E-state index contributed by atoms with van der Waals surface area (Å²) >= 11 is 5.80. The van der Waals surface area contributed by atoms with Gasteiger partial charge in [-0.1, -0.05) is 29.8 Å². The zero-order chi connectivity index (χ0) is 19.2. The molecule has 1 heterocycles. The lowest BCUT2D eigenvalue weighted by Gasteiger charge is -2.24. The molecule has 7 heteroatoms. The van der Waals surface area contributed by atoms with Crippen molar-refractivity contribution in [2.75, 3.05) is 11.4 Å². The smallest absolute Gasteiger partial charge is 0.408 e. The Hall–Kier alpha value is -2.60. The number of nitrogens with one attached hydrogen (secondary N) is 1. The Morgan fingerprint density at radius 2 is 2.00 bits per heavy atom. The first-order valence-electron chi connectivity index (χ1n) is 8.79. The first-order chi connectivity index (χ1) is 13.0. The van der Waals surface area contributed by atoms with E-state index in [1.54, 1.807) is 11.0 Å². The lowest BCUT2D eigenvalue weighted by Crippen LogP contribution is -2.41. The predicted molar refractivity (Wildman–Crippen MR) is 101 cm³/mol. The molecule has 1 atom stereocenters. The predicted octanol–water partition coefficient (Wildman–Crippen LogP) is 4.29. The maximum absolute atomic E-state index is 13.3. The van der Waals surface area contributed by atoms with E-state index >= 15 is 0 Å². The Balaban J connectivity index is 1.61. The summed E-state index contributed by atoms with van der Waals surface area (Å²) in [6, 6.07) is 13.3. The van der Waals surface area contributed by atoms with Crippen molar-refractivity contribution in [3.05, 3.63) is 64.9 Å². The second-order valence-corrected chi connectivity index (χ2v) is 6.78. The Labute approximate surface area is 162 Å². The molecule has 1 saturated heterocycles. The van der Waals surface area contributed by atoms with E-state index in [4.69, 9.17) is 16.3 Å². The highest BCUT2D eigenvalue weighted by Crippen LogP contribution is 2.22. The van der Waals surface area contributed by atoms with Crippen molar-refractivity contribution in [3.8, 4) is 0 Å². The molecule has 1 fully saturated rings. The van der Waals surface area contributed by atoms with Gasteiger partial charge < -0.3 is 15.0 Å². The summed E-state index contributed by atoms with van der Waals surface area (Å²) in [7, 11) is 0. The number of carbonyl (C=O) groups excluding carboxylic acids is 2. The fourth-order valence-electron chi connectivity index (χ4n) is 3.04. The summed E-state index contributed by atoms with van der Waals surface area (Å²) in [4.78, 5) is 26.6. The third kappa shape index (κ3) is 5.20. The van der Waals surface area contributed by atoms with Crippen molar-refractivity contribution < 1.29 is 18.7 Å². The first-order valence-corrected chi connectivity index (χ1v) is 9.16. The van der Waals surface area contributed by atoms with E-state index in [-0.39, 0.29) is 17.5 Å². The van der Waals surface area contributed by atoms with Crippen LogP contribution < -0.4 is 10.2 Å². The number of anilines is 1. The highest BCUT2D eigenvalue weighted by atomic mass is 35.5. The topological polar surface area (TPSA) is 58.6 Å². The van der Waals surface area contributed by atoms with Crippen LogP contribution in [0, 0.1) is 5.82 Å². The molecule has 1 unspecified atom stereocenters. The molecular weight excluding hydrogens is 371 g/mol. The van der Waals surface area contributed by atoms with Crippen molar-refractivity contribution >= 4 is 29.3 Å². The van der Waals surface area contributed by atoms with Gasteiger partial charge in [-0.3, -0.25) is 4.79 Å². The zero-order valence-corrected chi connectivity index (χ0v) is 15.4. The molecule has 0 aromatic heterocycles. The number of hydrogen-bond acceptors (Lipinski definition) is 3. The van der Waals surface area contributed by atoms with Crippen LogP contribution in [0.1, 0.15) is 24.8 Å². The van der Waals surface area contributed by atoms with Crippen LogP contribution >= 0.6 is 11.6 Å². The van der Waals surface area contributed by atoms with Crippen LogP contribution in [-0.4, -0.2) is 24.6 Å². The molecule has 2 aromatic rings. The Morgan fingerprint density at radius 3 is 2.74 bits per heavy atom. The molecule has 0 spiro atoms. The van der Waals surface area contributed by atoms with E-state index in [9.17, 15) is 14.0 Å². The molecule has 0 radical (unpaired) electrons. The van der Waals surface area contributed by atoms with E-state index < -0.39 is 18.0 Å². The lowest BCUT2D eigenvalue weighted by atomic mass is 10.2. The number of carbonyl (C=O) groups is 2. The Bertz CT molecular complexity index is 796. The van der Waals surface area contributed by atoms with Gasteiger partial charge in [-0.15, -0.1) is 0 Å². The van der Waals surface area contributed by atoms with Crippen LogP contribution in [0.15, 0.2) is 48.5 Å². The minimum absolute atomic E-state index is 0.0552. The summed E-state index contributed by atoms with van der Waals surface area (Å²) in [5.74, 6) is -0.715. The second-order valence-electron chi connectivity index (χ2n) is 6.35. The Kier molecular flexibility index (Phi) is 6.29. The summed E-state index contributed by atoms with van der Waals surface area (Å²) in [5.41, 5.74) is 1.29. The van der Waals surface area contributed by atoms with Gasteiger partial charge >= 0.3 is 6.09 Å². The van der Waals surface area contributed by atoms with Gasteiger partial charge in [-0.25, -0.2) is 9.18 Å². The molecule has 1 aliphatic rings. The average Bonchev–Trinajstić information content (AvgIpc) is 2.82. The molecular formula is C20H20ClFN2O3. The van der Waals surface area contributed by atoms with Gasteiger partial charge in [0.15, 0.2) is 6.10 Å². The van der Waals surface area contributed by atoms with E-state index in [1.165, 1.54) is 12.1 Å². The standard InChI is InChI=1S/C20H20ClFN2O3/c21-15-10-14(11-16(22)12-15)13-23-20(26)27-18-8-4-5-9-24(19(18)25)17-6-2-1-3-7-17/h1-3,6-7,10-12,18H,4-5,8-9,13H2,(H,23,26). The van der Waals surface area contributed by atoms with Gasteiger partial charge in [0.25, 0.3) is 5.91 Å². The number of amides is 2. The number of halogens is 2. The molecule has 0 bridgehead atoms. The molecule has 2 amide bonds. The van der Waals surface area contributed by atoms with Crippen molar-refractivity contribution in [1.82, 2.24) is 5.32 Å². The monoisotopic (exact) mass is 390 g/mol. The molecule has 142 valence electrons. The molecule has 0 aliphatic carbocycles. The van der Waals surface area contributed by atoms with Gasteiger partial charge in [0, 0.05) is 23.8 Å². The van der Waals surface area contributed by atoms with Gasteiger partial charge in [-0.05, 0) is 55.2 Å². The molecule has 3 rings (SSSR count).